The summed E-state index contributed by atoms with van der Waals surface area (Å²) in [7, 11) is 0. The molecule has 4 nitrogen and oxygen atoms in total. The van der Waals surface area contributed by atoms with E-state index in [2.05, 4.69) is 47.7 Å². The minimum atomic E-state index is -0.706. The van der Waals surface area contributed by atoms with Crippen molar-refractivity contribution < 1.29 is 5.11 Å². The van der Waals surface area contributed by atoms with Crippen LogP contribution in [0.2, 0.25) is 0 Å². The summed E-state index contributed by atoms with van der Waals surface area (Å²) < 4.78 is 0. The maximum atomic E-state index is 10.1. The van der Waals surface area contributed by atoms with Crippen LogP contribution < -0.4 is 5.32 Å². The van der Waals surface area contributed by atoms with Crippen molar-refractivity contribution in [3.05, 3.63) is 0 Å². The van der Waals surface area contributed by atoms with Crippen LogP contribution in [0.15, 0.2) is 4.99 Å². The molecule has 6 heteroatoms. The summed E-state index contributed by atoms with van der Waals surface area (Å²) in [5.41, 5.74) is -0.706. The molecule has 1 fully saturated rings. The third-order valence-corrected chi connectivity index (χ3v) is 5.34. The Labute approximate surface area is 151 Å². The lowest BCUT2D eigenvalue weighted by molar-refractivity contribution is 0.0654. The van der Waals surface area contributed by atoms with E-state index >= 15 is 0 Å². The highest BCUT2D eigenvalue weighted by Crippen LogP contribution is 2.25. The molecule has 21 heavy (non-hydrogen) atoms. The topological polar surface area (TPSA) is 47.9 Å². The minimum Gasteiger partial charge on any atom is -0.388 e. The number of thioether (sulfide) groups is 1. The first kappa shape index (κ1) is 21.3. The summed E-state index contributed by atoms with van der Waals surface area (Å²) in [5, 5.41) is 14.2. The Morgan fingerprint density at radius 3 is 2.67 bits per heavy atom. The quantitative estimate of drug-likeness (QED) is 0.401. The van der Waals surface area contributed by atoms with Crippen LogP contribution in [-0.2, 0) is 0 Å². The van der Waals surface area contributed by atoms with Gasteiger partial charge in [0.2, 0.25) is 0 Å². The molecule has 0 aliphatic carbocycles. The maximum Gasteiger partial charge on any atom is 0.194 e. The summed E-state index contributed by atoms with van der Waals surface area (Å²) in [6.07, 6.45) is 0.723. The number of rotatable bonds is 5. The zero-order chi connectivity index (χ0) is 15.2. The summed E-state index contributed by atoms with van der Waals surface area (Å²) in [6, 6.07) is 0. The van der Waals surface area contributed by atoms with Crippen LogP contribution in [0.4, 0.5) is 0 Å². The molecule has 0 aromatic heterocycles. The molecule has 1 aliphatic rings. The fraction of sp³-hybridized carbons (Fsp3) is 0.933. The van der Waals surface area contributed by atoms with Crippen LogP contribution in [0.25, 0.3) is 0 Å². The zero-order valence-corrected chi connectivity index (χ0v) is 17.2. The Morgan fingerprint density at radius 1 is 1.48 bits per heavy atom. The van der Waals surface area contributed by atoms with Gasteiger partial charge < -0.3 is 15.3 Å². The zero-order valence-electron chi connectivity index (χ0n) is 14.1. The van der Waals surface area contributed by atoms with Gasteiger partial charge >= 0.3 is 0 Å². The first-order valence-corrected chi connectivity index (χ1v) is 8.81. The highest BCUT2D eigenvalue weighted by molar-refractivity contribution is 14.0. The molecule has 0 spiro atoms. The Bertz CT molecular complexity index is 324. The van der Waals surface area contributed by atoms with Gasteiger partial charge in [-0.2, -0.15) is 11.8 Å². The Balaban J connectivity index is 0.00000400. The van der Waals surface area contributed by atoms with E-state index in [0.717, 1.165) is 37.8 Å². The van der Waals surface area contributed by atoms with Gasteiger partial charge in [0.25, 0.3) is 0 Å². The fourth-order valence-electron chi connectivity index (χ4n) is 2.05. The number of aliphatic hydroxyl groups is 1. The van der Waals surface area contributed by atoms with Crippen LogP contribution in [0.1, 0.15) is 41.0 Å². The molecule has 1 saturated heterocycles. The average Bonchev–Trinajstić information content (AvgIpc) is 2.43. The van der Waals surface area contributed by atoms with Crippen molar-refractivity contribution in [1.29, 1.82) is 0 Å². The van der Waals surface area contributed by atoms with E-state index in [4.69, 9.17) is 0 Å². The summed E-state index contributed by atoms with van der Waals surface area (Å²) >= 11 is 2.06. The molecule has 0 amide bonds. The number of nitrogens with zero attached hydrogens (tertiary/aromatic N) is 2. The normalized spacial score (nSPS) is 22.7. The molecule has 1 aliphatic heterocycles. The van der Waals surface area contributed by atoms with Crippen molar-refractivity contribution in [1.82, 2.24) is 10.2 Å². The van der Waals surface area contributed by atoms with Crippen molar-refractivity contribution in [2.75, 3.05) is 31.9 Å². The fourth-order valence-corrected chi connectivity index (χ4v) is 3.35. The highest BCUT2D eigenvalue weighted by Gasteiger charge is 2.25. The van der Waals surface area contributed by atoms with E-state index in [1.165, 1.54) is 0 Å². The lowest BCUT2D eigenvalue weighted by atomic mass is 10.1. The highest BCUT2D eigenvalue weighted by atomic mass is 127. The van der Waals surface area contributed by atoms with Gasteiger partial charge in [-0.1, -0.05) is 20.8 Å². The number of aliphatic imine (C=N–C) groups is 1. The number of halogens is 1. The molecule has 0 aromatic carbocycles. The van der Waals surface area contributed by atoms with E-state index in [1.54, 1.807) is 0 Å². The van der Waals surface area contributed by atoms with Crippen molar-refractivity contribution in [3.8, 4) is 0 Å². The molecule has 0 saturated carbocycles. The van der Waals surface area contributed by atoms with Crippen molar-refractivity contribution in [2.45, 2.75) is 51.9 Å². The summed E-state index contributed by atoms with van der Waals surface area (Å²) in [4.78, 5) is 6.99. The van der Waals surface area contributed by atoms with Crippen LogP contribution in [0, 0.1) is 5.92 Å². The lowest BCUT2D eigenvalue weighted by Gasteiger charge is -2.36. The van der Waals surface area contributed by atoms with Gasteiger partial charge in [0.05, 0.1) is 12.1 Å². The smallest absolute Gasteiger partial charge is 0.194 e. The summed E-state index contributed by atoms with van der Waals surface area (Å²) in [6.45, 7) is 13.9. The number of hydrogen-bond acceptors (Lipinski definition) is 3. The van der Waals surface area contributed by atoms with Gasteiger partial charge in [0.15, 0.2) is 5.96 Å². The van der Waals surface area contributed by atoms with E-state index in [-0.39, 0.29) is 24.0 Å². The molecule has 2 N–H and O–H groups in total. The van der Waals surface area contributed by atoms with Crippen molar-refractivity contribution >= 4 is 41.7 Å². The van der Waals surface area contributed by atoms with Gasteiger partial charge in [0.1, 0.15) is 0 Å². The standard InChI is InChI=1S/C15H31N3OS.HI/c1-6-15(5,19)11-17-14(16-7-2)18-8-9-20-13(10-18)12(3)4;/h12-13,19H,6-11H2,1-5H3,(H,16,17);1H. The number of nitrogens with one attached hydrogen (secondary N) is 1. The van der Waals surface area contributed by atoms with E-state index in [0.29, 0.717) is 17.7 Å². The van der Waals surface area contributed by atoms with Crippen LogP contribution in [-0.4, -0.2) is 58.7 Å². The largest absolute Gasteiger partial charge is 0.388 e. The molecule has 2 atom stereocenters. The number of guanidine groups is 1. The molecule has 0 bridgehead atoms. The molecule has 1 rings (SSSR count). The molecular weight excluding hydrogens is 397 g/mol. The Kier molecular flexibility index (Phi) is 10.3. The maximum absolute atomic E-state index is 10.1. The average molecular weight is 429 g/mol. The van der Waals surface area contributed by atoms with E-state index in [1.807, 2.05) is 13.8 Å². The molecule has 0 aromatic rings. The van der Waals surface area contributed by atoms with Gasteiger partial charge in [-0.15, -0.1) is 24.0 Å². The van der Waals surface area contributed by atoms with E-state index in [9.17, 15) is 5.11 Å². The second-order valence-corrected chi connectivity index (χ2v) is 7.47. The monoisotopic (exact) mass is 429 g/mol. The third kappa shape index (κ3) is 7.41. The molecule has 0 radical (unpaired) electrons. The molecule has 1 heterocycles. The second kappa shape index (κ2) is 10.2. The van der Waals surface area contributed by atoms with Gasteiger partial charge in [-0.25, -0.2) is 0 Å². The van der Waals surface area contributed by atoms with Crippen LogP contribution in [0.5, 0.6) is 0 Å². The van der Waals surface area contributed by atoms with Gasteiger partial charge in [0, 0.05) is 30.6 Å². The predicted octanol–water partition coefficient (Wildman–Crippen LogP) is 2.80. The summed E-state index contributed by atoms with van der Waals surface area (Å²) in [5.74, 6) is 2.79. The van der Waals surface area contributed by atoms with Crippen LogP contribution in [0.3, 0.4) is 0 Å². The third-order valence-electron chi connectivity index (χ3n) is 3.80. The van der Waals surface area contributed by atoms with Gasteiger partial charge in [-0.3, -0.25) is 4.99 Å². The minimum absolute atomic E-state index is 0. The van der Waals surface area contributed by atoms with Crippen LogP contribution >= 0.6 is 35.7 Å². The van der Waals surface area contributed by atoms with Crippen molar-refractivity contribution in [2.24, 2.45) is 10.9 Å². The Morgan fingerprint density at radius 2 is 2.14 bits per heavy atom. The number of hydrogen-bond donors (Lipinski definition) is 2. The van der Waals surface area contributed by atoms with E-state index < -0.39 is 5.60 Å². The van der Waals surface area contributed by atoms with Crippen molar-refractivity contribution in [3.63, 3.8) is 0 Å². The second-order valence-electron chi connectivity index (χ2n) is 6.12. The first-order chi connectivity index (χ1) is 9.39. The molecule has 126 valence electrons. The predicted molar refractivity (Wildman–Crippen MR) is 105 cm³/mol. The molecular formula is C15H32IN3OS. The first-order valence-electron chi connectivity index (χ1n) is 7.77. The molecule has 2 unspecified atom stereocenters. The lowest BCUT2D eigenvalue weighted by Crippen LogP contribution is -2.49. The van der Waals surface area contributed by atoms with Gasteiger partial charge in [-0.05, 0) is 26.2 Å². The Hall–Kier alpha value is 0.310. The SMILES string of the molecule is CCNC(=NCC(C)(O)CC)N1CCSC(C(C)C)C1.I.